The summed E-state index contributed by atoms with van der Waals surface area (Å²) in [6.45, 7) is 8.53. The Bertz CT molecular complexity index is 1230. The smallest absolute Gasteiger partial charge is 0.280 e. The largest absolute Gasteiger partial charge is 0.494 e. The van der Waals surface area contributed by atoms with Crippen molar-refractivity contribution in [1.82, 2.24) is 14.8 Å². The minimum atomic E-state index is -0.165. The van der Waals surface area contributed by atoms with Crippen molar-refractivity contribution in [3.05, 3.63) is 71.0 Å². The lowest BCUT2D eigenvalue weighted by Crippen LogP contribution is -2.30. The van der Waals surface area contributed by atoms with Gasteiger partial charge >= 0.3 is 0 Å². The number of nitrogens with zero attached hydrogens (tertiary/aromatic N) is 4. The number of ether oxygens (including phenoxy) is 1. The topological polar surface area (TPSA) is 60.2 Å². The maximum atomic E-state index is 13.6. The van der Waals surface area contributed by atoms with E-state index in [0.29, 0.717) is 23.1 Å². The van der Waals surface area contributed by atoms with Crippen LogP contribution < -0.4 is 9.64 Å². The van der Waals surface area contributed by atoms with Gasteiger partial charge in [-0.25, -0.2) is 4.98 Å². The van der Waals surface area contributed by atoms with Crippen LogP contribution in [0.4, 0.5) is 5.13 Å². The van der Waals surface area contributed by atoms with E-state index >= 15 is 0 Å². The Hall–Kier alpha value is -3.19. The highest BCUT2D eigenvalue weighted by atomic mass is 32.1. The van der Waals surface area contributed by atoms with Crippen LogP contribution in [0.1, 0.15) is 47.2 Å². The molecule has 4 rings (SSSR count). The molecule has 2 aromatic carbocycles. The number of anilines is 1. The van der Waals surface area contributed by atoms with E-state index in [4.69, 9.17) is 9.72 Å². The summed E-state index contributed by atoms with van der Waals surface area (Å²) in [7, 11) is 1.64. The monoisotopic (exact) mass is 434 g/mol. The van der Waals surface area contributed by atoms with Gasteiger partial charge in [-0.1, -0.05) is 47.7 Å². The van der Waals surface area contributed by atoms with Gasteiger partial charge in [0, 0.05) is 11.7 Å². The van der Waals surface area contributed by atoms with Gasteiger partial charge in [-0.05, 0) is 51.0 Å². The molecule has 0 saturated heterocycles. The maximum Gasteiger partial charge on any atom is 0.280 e. The molecule has 0 aliphatic carbocycles. The highest BCUT2D eigenvalue weighted by molar-refractivity contribution is 7.22. The van der Waals surface area contributed by atoms with E-state index in [1.54, 1.807) is 12.0 Å². The third kappa shape index (κ3) is 4.05. The van der Waals surface area contributed by atoms with E-state index < -0.39 is 0 Å². The summed E-state index contributed by atoms with van der Waals surface area (Å²) < 4.78 is 8.40. The van der Waals surface area contributed by atoms with E-state index in [-0.39, 0.29) is 11.9 Å². The molecule has 0 radical (unpaired) electrons. The highest BCUT2D eigenvalue weighted by Gasteiger charge is 2.26. The average molecular weight is 435 g/mol. The van der Waals surface area contributed by atoms with E-state index in [0.717, 1.165) is 27.0 Å². The zero-order valence-electron chi connectivity index (χ0n) is 18.4. The Morgan fingerprint density at radius 1 is 1.16 bits per heavy atom. The van der Waals surface area contributed by atoms with Crippen molar-refractivity contribution in [1.29, 1.82) is 0 Å². The first kappa shape index (κ1) is 21.1. The molecule has 0 fully saturated rings. The summed E-state index contributed by atoms with van der Waals surface area (Å²) >= 11 is 1.50. The number of hydrogen-bond donors (Lipinski definition) is 0. The second kappa shape index (κ2) is 8.51. The highest BCUT2D eigenvalue weighted by Crippen LogP contribution is 2.37. The van der Waals surface area contributed by atoms with Gasteiger partial charge in [0.25, 0.3) is 5.91 Å². The lowest BCUT2D eigenvalue weighted by atomic mass is 10.2. The van der Waals surface area contributed by atoms with Gasteiger partial charge < -0.3 is 4.74 Å². The quantitative estimate of drug-likeness (QED) is 0.399. The molecular weight excluding hydrogens is 408 g/mol. The Kier molecular flexibility index (Phi) is 5.78. The SMILES string of the molecule is COc1ccc(C)c2sc(N(Cc3ccccc3)C(=O)c3cc(C)n(C(C)C)n3)nc12. The van der Waals surface area contributed by atoms with Gasteiger partial charge in [-0.15, -0.1) is 0 Å². The number of thiazole rings is 1. The number of carbonyl (C=O) groups excluding carboxylic acids is 1. The molecular formula is C24H26N4O2S. The van der Waals surface area contributed by atoms with Crippen LogP contribution in [0.3, 0.4) is 0 Å². The fourth-order valence-electron chi connectivity index (χ4n) is 3.62. The summed E-state index contributed by atoms with van der Waals surface area (Å²) in [5.41, 5.74) is 4.28. The van der Waals surface area contributed by atoms with Gasteiger partial charge in [-0.3, -0.25) is 14.4 Å². The van der Waals surface area contributed by atoms with Gasteiger partial charge in [0.2, 0.25) is 0 Å². The Balaban J connectivity index is 1.81. The van der Waals surface area contributed by atoms with Crippen molar-refractivity contribution < 1.29 is 9.53 Å². The molecule has 6 nitrogen and oxygen atoms in total. The molecule has 0 saturated carbocycles. The number of amides is 1. The van der Waals surface area contributed by atoms with Crippen LogP contribution >= 0.6 is 11.3 Å². The standard InChI is InChI=1S/C24H26N4O2S/c1-15(2)28-17(4)13-19(26-28)23(29)27(14-18-9-7-6-8-10-18)24-25-21-20(30-5)12-11-16(3)22(21)31-24/h6-13,15H,14H2,1-5H3. The second-order valence-corrected chi connectivity index (χ2v) is 8.82. The number of benzene rings is 2. The summed E-state index contributed by atoms with van der Waals surface area (Å²) in [6, 6.07) is 15.9. The Morgan fingerprint density at radius 3 is 2.55 bits per heavy atom. The lowest BCUT2D eigenvalue weighted by molar-refractivity contribution is 0.0979. The minimum Gasteiger partial charge on any atom is -0.494 e. The molecule has 0 spiro atoms. The van der Waals surface area contributed by atoms with Crippen LogP contribution in [0.15, 0.2) is 48.5 Å². The third-order valence-electron chi connectivity index (χ3n) is 5.20. The molecule has 7 heteroatoms. The normalized spacial score (nSPS) is 11.3. The van der Waals surface area contributed by atoms with Crippen molar-refractivity contribution >= 4 is 32.6 Å². The molecule has 0 N–H and O–H groups in total. The van der Waals surface area contributed by atoms with Crippen LogP contribution in [0, 0.1) is 13.8 Å². The second-order valence-electron chi connectivity index (χ2n) is 7.85. The number of hydrogen-bond acceptors (Lipinski definition) is 5. The fourth-order valence-corrected chi connectivity index (χ4v) is 4.67. The number of carbonyl (C=O) groups is 1. The zero-order valence-corrected chi connectivity index (χ0v) is 19.2. The van der Waals surface area contributed by atoms with Crippen molar-refractivity contribution in [3.8, 4) is 5.75 Å². The Morgan fingerprint density at radius 2 is 1.90 bits per heavy atom. The Labute approximate surface area is 186 Å². The number of aryl methyl sites for hydroxylation is 2. The molecule has 2 heterocycles. The van der Waals surface area contributed by atoms with Gasteiger partial charge in [0.1, 0.15) is 11.3 Å². The van der Waals surface area contributed by atoms with E-state index in [1.165, 1.54) is 11.3 Å². The van der Waals surface area contributed by atoms with E-state index in [1.807, 2.05) is 67.1 Å². The molecule has 0 unspecified atom stereocenters. The lowest BCUT2D eigenvalue weighted by Gasteiger charge is -2.19. The molecule has 2 aromatic heterocycles. The van der Waals surface area contributed by atoms with Crippen molar-refractivity contribution in [3.63, 3.8) is 0 Å². The molecule has 0 aliphatic heterocycles. The number of aromatic nitrogens is 3. The van der Waals surface area contributed by atoms with Crippen LogP contribution in [-0.2, 0) is 6.54 Å². The summed E-state index contributed by atoms with van der Waals surface area (Å²) in [4.78, 5) is 20.2. The van der Waals surface area contributed by atoms with Crippen LogP contribution in [0.25, 0.3) is 10.2 Å². The van der Waals surface area contributed by atoms with Crippen molar-refractivity contribution in [2.24, 2.45) is 0 Å². The zero-order chi connectivity index (χ0) is 22.1. The predicted octanol–water partition coefficient (Wildman–Crippen LogP) is 5.55. The number of methoxy groups -OCH3 is 1. The molecule has 4 aromatic rings. The van der Waals surface area contributed by atoms with E-state index in [9.17, 15) is 4.79 Å². The minimum absolute atomic E-state index is 0.165. The fraction of sp³-hybridized carbons (Fsp3) is 0.292. The molecule has 0 aliphatic rings. The maximum absolute atomic E-state index is 13.6. The third-order valence-corrected chi connectivity index (χ3v) is 6.42. The van der Waals surface area contributed by atoms with E-state index in [2.05, 4.69) is 18.9 Å². The molecule has 1 amide bonds. The van der Waals surface area contributed by atoms with Crippen molar-refractivity contribution in [2.45, 2.75) is 40.3 Å². The van der Waals surface area contributed by atoms with Crippen LogP contribution in [-0.4, -0.2) is 27.8 Å². The first-order valence-corrected chi connectivity index (χ1v) is 11.1. The van der Waals surface area contributed by atoms with Crippen LogP contribution in [0.5, 0.6) is 5.75 Å². The summed E-state index contributed by atoms with van der Waals surface area (Å²) in [5.74, 6) is 0.539. The number of rotatable bonds is 6. The predicted molar refractivity (Wildman–Crippen MR) is 125 cm³/mol. The van der Waals surface area contributed by atoms with Gasteiger partial charge in [0.15, 0.2) is 10.8 Å². The average Bonchev–Trinajstić information content (AvgIpc) is 3.37. The molecule has 160 valence electrons. The molecule has 0 atom stereocenters. The summed E-state index contributed by atoms with van der Waals surface area (Å²) in [5, 5.41) is 5.21. The van der Waals surface area contributed by atoms with Gasteiger partial charge in [-0.2, -0.15) is 5.10 Å². The summed E-state index contributed by atoms with van der Waals surface area (Å²) in [6.07, 6.45) is 0. The van der Waals surface area contributed by atoms with Crippen LogP contribution in [0.2, 0.25) is 0 Å². The first-order valence-electron chi connectivity index (χ1n) is 10.2. The van der Waals surface area contributed by atoms with Crippen molar-refractivity contribution in [2.75, 3.05) is 12.0 Å². The number of fused-ring (bicyclic) bond motifs is 1. The molecule has 31 heavy (non-hydrogen) atoms. The molecule has 0 bridgehead atoms. The van der Waals surface area contributed by atoms with Gasteiger partial charge in [0.05, 0.1) is 18.4 Å². The first-order chi connectivity index (χ1) is 14.9.